The third-order valence-electron chi connectivity index (χ3n) is 3.10. The SMILES string of the molecule is CCC(C)(C)OC(=O)NC(CNc1ncc(C=O)s1)C(C)=O. The molecule has 0 aromatic carbocycles. The number of anilines is 1. The zero-order valence-electron chi connectivity index (χ0n) is 13.1. The molecule has 0 saturated carbocycles. The predicted molar refractivity (Wildman–Crippen MR) is 84.4 cm³/mol. The Kier molecular flexibility index (Phi) is 6.48. The van der Waals surface area contributed by atoms with Gasteiger partial charge >= 0.3 is 6.09 Å². The lowest BCUT2D eigenvalue weighted by Gasteiger charge is -2.25. The van der Waals surface area contributed by atoms with E-state index in [1.165, 1.54) is 24.5 Å². The fourth-order valence-corrected chi connectivity index (χ4v) is 2.04. The number of ketones is 1. The maximum atomic E-state index is 11.8. The van der Waals surface area contributed by atoms with Crippen LogP contribution in [0.4, 0.5) is 9.93 Å². The minimum absolute atomic E-state index is 0.169. The lowest BCUT2D eigenvalue weighted by Crippen LogP contribution is -2.46. The van der Waals surface area contributed by atoms with Crippen LogP contribution in [0.1, 0.15) is 43.8 Å². The van der Waals surface area contributed by atoms with Crippen LogP contribution in [0.2, 0.25) is 0 Å². The predicted octanol–water partition coefficient (Wildman–Crippen LogP) is 2.24. The van der Waals surface area contributed by atoms with Crippen LogP contribution in [0.5, 0.6) is 0 Å². The highest BCUT2D eigenvalue weighted by molar-refractivity contribution is 7.17. The summed E-state index contributed by atoms with van der Waals surface area (Å²) < 4.78 is 5.25. The Morgan fingerprint density at radius 3 is 2.68 bits per heavy atom. The lowest BCUT2D eigenvalue weighted by atomic mass is 10.1. The molecule has 1 atom stereocenters. The topological polar surface area (TPSA) is 97.4 Å². The van der Waals surface area contributed by atoms with Crippen molar-refractivity contribution < 1.29 is 19.1 Å². The fourth-order valence-electron chi connectivity index (χ4n) is 1.40. The first-order chi connectivity index (χ1) is 10.3. The molecule has 8 heteroatoms. The van der Waals surface area contributed by atoms with Gasteiger partial charge in [-0.1, -0.05) is 18.3 Å². The molecule has 22 heavy (non-hydrogen) atoms. The number of aromatic nitrogens is 1. The average Bonchev–Trinajstić information content (AvgIpc) is 2.90. The van der Waals surface area contributed by atoms with Crippen molar-refractivity contribution in [1.82, 2.24) is 10.3 Å². The molecule has 0 aliphatic heterocycles. The van der Waals surface area contributed by atoms with Gasteiger partial charge in [0.05, 0.1) is 11.1 Å². The number of amides is 1. The Balaban J connectivity index is 2.56. The molecule has 0 spiro atoms. The molecule has 1 rings (SSSR count). The second-order valence-electron chi connectivity index (χ2n) is 5.38. The van der Waals surface area contributed by atoms with Gasteiger partial charge in [-0.2, -0.15) is 0 Å². The van der Waals surface area contributed by atoms with Gasteiger partial charge in [0.15, 0.2) is 17.2 Å². The van der Waals surface area contributed by atoms with Gasteiger partial charge in [0.1, 0.15) is 11.6 Å². The maximum Gasteiger partial charge on any atom is 0.408 e. The molecule has 0 aliphatic carbocycles. The average molecular weight is 327 g/mol. The normalized spacial score (nSPS) is 12.4. The molecule has 1 unspecified atom stereocenters. The molecule has 0 saturated heterocycles. The zero-order valence-corrected chi connectivity index (χ0v) is 14.0. The smallest absolute Gasteiger partial charge is 0.408 e. The van der Waals surface area contributed by atoms with Crippen molar-refractivity contribution in [2.75, 3.05) is 11.9 Å². The van der Waals surface area contributed by atoms with Gasteiger partial charge in [0, 0.05) is 6.54 Å². The zero-order chi connectivity index (χ0) is 16.8. The number of carbonyl (C=O) groups is 3. The number of thiazole rings is 1. The minimum atomic E-state index is -0.733. The largest absolute Gasteiger partial charge is 0.444 e. The molecular weight excluding hydrogens is 306 g/mol. The van der Waals surface area contributed by atoms with Crippen molar-refractivity contribution in [2.45, 2.75) is 45.8 Å². The lowest BCUT2D eigenvalue weighted by molar-refractivity contribution is -0.118. The summed E-state index contributed by atoms with van der Waals surface area (Å²) in [6, 6.07) is -0.733. The highest BCUT2D eigenvalue weighted by Gasteiger charge is 2.24. The van der Waals surface area contributed by atoms with Crippen molar-refractivity contribution in [3.8, 4) is 0 Å². The summed E-state index contributed by atoms with van der Waals surface area (Å²) in [6.45, 7) is 7.05. The number of hydrogen-bond donors (Lipinski definition) is 2. The molecule has 0 bridgehead atoms. The first-order valence-corrected chi connectivity index (χ1v) is 7.74. The van der Waals surface area contributed by atoms with E-state index in [0.29, 0.717) is 22.7 Å². The molecule has 2 N–H and O–H groups in total. The van der Waals surface area contributed by atoms with Crippen molar-refractivity contribution in [3.05, 3.63) is 11.1 Å². The van der Waals surface area contributed by atoms with E-state index in [1.54, 1.807) is 13.8 Å². The second-order valence-corrected chi connectivity index (χ2v) is 6.44. The van der Waals surface area contributed by atoms with Crippen LogP contribution in [0.25, 0.3) is 0 Å². The molecule has 1 aromatic heterocycles. The van der Waals surface area contributed by atoms with Crippen LogP contribution < -0.4 is 10.6 Å². The number of aldehydes is 1. The van der Waals surface area contributed by atoms with Gasteiger partial charge in [0.25, 0.3) is 0 Å². The quantitative estimate of drug-likeness (QED) is 0.711. The number of alkyl carbamates (subject to hydrolysis) is 1. The van der Waals surface area contributed by atoms with E-state index in [9.17, 15) is 14.4 Å². The van der Waals surface area contributed by atoms with Crippen LogP contribution in [-0.2, 0) is 9.53 Å². The van der Waals surface area contributed by atoms with E-state index in [4.69, 9.17) is 4.74 Å². The minimum Gasteiger partial charge on any atom is -0.444 e. The number of carbonyl (C=O) groups excluding carboxylic acids is 3. The van der Waals surface area contributed by atoms with E-state index in [-0.39, 0.29) is 12.3 Å². The summed E-state index contributed by atoms with van der Waals surface area (Å²) in [7, 11) is 0. The van der Waals surface area contributed by atoms with E-state index in [1.807, 2.05) is 6.92 Å². The monoisotopic (exact) mass is 327 g/mol. The van der Waals surface area contributed by atoms with Crippen molar-refractivity contribution in [2.24, 2.45) is 0 Å². The molecule has 1 aromatic rings. The van der Waals surface area contributed by atoms with Gasteiger partial charge in [-0.15, -0.1) is 0 Å². The summed E-state index contributed by atoms with van der Waals surface area (Å²) in [6.07, 6.45) is 2.17. The van der Waals surface area contributed by atoms with E-state index >= 15 is 0 Å². The third kappa shape index (κ3) is 5.80. The van der Waals surface area contributed by atoms with Crippen LogP contribution in [-0.4, -0.2) is 41.3 Å². The van der Waals surface area contributed by atoms with Crippen LogP contribution >= 0.6 is 11.3 Å². The Labute approximate surface area is 133 Å². The molecule has 0 aliphatic rings. The number of nitrogens with one attached hydrogen (secondary N) is 2. The van der Waals surface area contributed by atoms with Gasteiger partial charge in [0.2, 0.25) is 0 Å². The van der Waals surface area contributed by atoms with E-state index in [2.05, 4.69) is 15.6 Å². The van der Waals surface area contributed by atoms with Crippen LogP contribution in [0.15, 0.2) is 6.20 Å². The maximum absolute atomic E-state index is 11.8. The second kappa shape index (κ2) is 7.88. The van der Waals surface area contributed by atoms with Gasteiger partial charge < -0.3 is 15.4 Å². The summed E-state index contributed by atoms with van der Waals surface area (Å²) >= 11 is 1.17. The summed E-state index contributed by atoms with van der Waals surface area (Å²) in [5, 5.41) is 5.96. The van der Waals surface area contributed by atoms with Crippen molar-refractivity contribution >= 4 is 34.6 Å². The van der Waals surface area contributed by atoms with Crippen molar-refractivity contribution in [1.29, 1.82) is 0 Å². The Hall–Kier alpha value is -1.96. The molecule has 1 amide bonds. The van der Waals surface area contributed by atoms with Crippen LogP contribution in [0.3, 0.4) is 0 Å². The molecule has 1 heterocycles. The number of Topliss-reactive ketones (excluding diaryl/α,β-unsaturated/α-hetero) is 1. The number of hydrogen-bond acceptors (Lipinski definition) is 7. The molecule has 0 radical (unpaired) electrons. The fraction of sp³-hybridized carbons (Fsp3) is 0.571. The standard InChI is InChI=1S/C14H21N3O4S/c1-5-14(3,4)21-13(20)17-11(9(2)19)7-16-12-15-6-10(8-18)22-12/h6,8,11H,5,7H2,1-4H3,(H,15,16)(H,17,20). The number of nitrogens with zero attached hydrogens (tertiary/aromatic N) is 1. The first-order valence-electron chi connectivity index (χ1n) is 6.92. The third-order valence-corrected chi connectivity index (χ3v) is 3.98. The summed E-state index contributed by atoms with van der Waals surface area (Å²) in [4.78, 5) is 38.5. The Morgan fingerprint density at radius 1 is 1.50 bits per heavy atom. The van der Waals surface area contributed by atoms with Crippen molar-refractivity contribution in [3.63, 3.8) is 0 Å². The highest BCUT2D eigenvalue weighted by atomic mass is 32.1. The Morgan fingerprint density at radius 2 is 2.18 bits per heavy atom. The molecule has 0 fully saturated rings. The van der Waals surface area contributed by atoms with Gasteiger partial charge in [-0.05, 0) is 27.2 Å². The summed E-state index contributed by atoms with van der Waals surface area (Å²) in [5.74, 6) is -0.203. The molecule has 7 nitrogen and oxygen atoms in total. The summed E-state index contributed by atoms with van der Waals surface area (Å²) in [5.41, 5.74) is -0.590. The molecule has 122 valence electrons. The highest BCUT2D eigenvalue weighted by Crippen LogP contribution is 2.16. The first kappa shape index (κ1) is 18.1. The number of rotatable bonds is 8. The van der Waals surface area contributed by atoms with E-state index in [0.717, 1.165) is 0 Å². The van der Waals surface area contributed by atoms with Gasteiger partial charge in [-0.25, -0.2) is 9.78 Å². The molecular formula is C14H21N3O4S. The van der Waals surface area contributed by atoms with E-state index < -0.39 is 17.7 Å². The Bertz CT molecular complexity index is 542. The van der Waals surface area contributed by atoms with Gasteiger partial charge in [-0.3, -0.25) is 9.59 Å². The van der Waals surface area contributed by atoms with Crippen LogP contribution in [0, 0.1) is 0 Å². The number of ether oxygens (including phenoxy) is 1.